The third-order valence-corrected chi connectivity index (χ3v) is 2.79. The van der Waals surface area contributed by atoms with E-state index in [-0.39, 0.29) is 11.9 Å². The molecule has 0 fully saturated rings. The summed E-state index contributed by atoms with van der Waals surface area (Å²) in [5.41, 5.74) is -0.740. The molecule has 0 bridgehead atoms. The number of ether oxygens (including phenoxy) is 1. The Morgan fingerprint density at radius 2 is 1.88 bits per heavy atom. The number of hydrogen-bond acceptors (Lipinski definition) is 3. The number of likely N-dealkylation sites (N-methyl/N-ethyl adjacent to an activating group) is 2. The lowest BCUT2D eigenvalue weighted by molar-refractivity contribution is -0.153. The quantitative estimate of drug-likeness (QED) is 0.687. The molecule has 0 radical (unpaired) electrons. The van der Waals surface area contributed by atoms with Gasteiger partial charge in [0, 0.05) is 26.2 Å². The standard InChI is InChI=1S/C12H26N2O2/c1-8-14(10(2)9-13(5)6)11(15)12(3,4)16-7/h10H,8-9H2,1-7H3. The minimum atomic E-state index is -0.740. The summed E-state index contributed by atoms with van der Waals surface area (Å²) in [7, 11) is 5.59. The minimum Gasteiger partial charge on any atom is -0.369 e. The molecule has 0 heterocycles. The van der Waals surface area contributed by atoms with Gasteiger partial charge in [0.1, 0.15) is 5.60 Å². The van der Waals surface area contributed by atoms with Gasteiger partial charge in [0.2, 0.25) is 0 Å². The van der Waals surface area contributed by atoms with Gasteiger partial charge in [-0.3, -0.25) is 4.79 Å². The highest BCUT2D eigenvalue weighted by Gasteiger charge is 2.33. The monoisotopic (exact) mass is 230 g/mol. The molecule has 1 atom stereocenters. The van der Waals surface area contributed by atoms with Gasteiger partial charge in [-0.05, 0) is 41.8 Å². The Labute approximate surface area is 99.5 Å². The summed E-state index contributed by atoms with van der Waals surface area (Å²) in [5.74, 6) is 0.0480. The van der Waals surface area contributed by atoms with Crippen molar-refractivity contribution < 1.29 is 9.53 Å². The molecule has 0 spiro atoms. The molecule has 4 heteroatoms. The summed E-state index contributed by atoms with van der Waals surface area (Å²) in [4.78, 5) is 16.2. The summed E-state index contributed by atoms with van der Waals surface area (Å²) in [6.07, 6.45) is 0. The smallest absolute Gasteiger partial charge is 0.254 e. The van der Waals surface area contributed by atoms with Gasteiger partial charge < -0.3 is 14.5 Å². The lowest BCUT2D eigenvalue weighted by Crippen LogP contribution is -2.52. The third kappa shape index (κ3) is 4.10. The third-order valence-electron chi connectivity index (χ3n) is 2.79. The van der Waals surface area contributed by atoms with E-state index in [1.807, 2.05) is 25.9 Å². The van der Waals surface area contributed by atoms with Crippen molar-refractivity contribution >= 4 is 5.91 Å². The van der Waals surface area contributed by atoms with Gasteiger partial charge in [-0.25, -0.2) is 0 Å². The Kier molecular flexibility index (Phi) is 5.97. The van der Waals surface area contributed by atoms with Crippen LogP contribution in [0.25, 0.3) is 0 Å². The highest BCUT2D eigenvalue weighted by atomic mass is 16.5. The Morgan fingerprint density at radius 1 is 1.38 bits per heavy atom. The molecule has 0 N–H and O–H groups in total. The molecule has 0 aromatic heterocycles. The van der Waals surface area contributed by atoms with Gasteiger partial charge in [-0.2, -0.15) is 0 Å². The first-order chi connectivity index (χ1) is 7.26. The molecule has 0 saturated heterocycles. The highest BCUT2D eigenvalue weighted by molar-refractivity contribution is 5.84. The summed E-state index contributed by atoms with van der Waals surface area (Å²) in [5, 5.41) is 0. The molecule has 0 rings (SSSR count). The van der Waals surface area contributed by atoms with Crippen molar-refractivity contribution in [2.45, 2.75) is 39.3 Å². The molecule has 0 aliphatic heterocycles. The fourth-order valence-corrected chi connectivity index (χ4v) is 1.72. The predicted octanol–water partition coefficient (Wildman–Crippen LogP) is 1.21. The van der Waals surface area contributed by atoms with Crippen LogP contribution in [-0.2, 0) is 9.53 Å². The molecule has 96 valence electrons. The van der Waals surface area contributed by atoms with Crippen LogP contribution in [0.1, 0.15) is 27.7 Å². The van der Waals surface area contributed by atoms with Crippen LogP contribution in [0.5, 0.6) is 0 Å². The van der Waals surface area contributed by atoms with Crippen molar-refractivity contribution in [3.63, 3.8) is 0 Å². The van der Waals surface area contributed by atoms with E-state index in [0.717, 1.165) is 6.54 Å². The topological polar surface area (TPSA) is 32.8 Å². The fraction of sp³-hybridized carbons (Fsp3) is 0.917. The van der Waals surface area contributed by atoms with E-state index in [1.54, 1.807) is 21.0 Å². The van der Waals surface area contributed by atoms with Crippen LogP contribution in [0, 0.1) is 0 Å². The van der Waals surface area contributed by atoms with E-state index in [2.05, 4.69) is 11.8 Å². The molecule has 4 nitrogen and oxygen atoms in total. The van der Waals surface area contributed by atoms with Crippen LogP contribution < -0.4 is 0 Å². The zero-order valence-electron chi connectivity index (χ0n) is 11.7. The molecule has 1 unspecified atom stereocenters. The second-order valence-electron chi connectivity index (χ2n) is 4.92. The minimum absolute atomic E-state index is 0.0480. The van der Waals surface area contributed by atoms with Gasteiger partial charge >= 0.3 is 0 Å². The summed E-state index contributed by atoms with van der Waals surface area (Å²) in [6.45, 7) is 9.24. The normalized spacial score (nSPS) is 14.0. The SMILES string of the molecule is CCN(C(=O)C(C)(C)OC)C(C)CN(C)C. The molecular weight excluding hydrogens is 204 g/mol. The van der Waals surface area contributed by atoms with Crippen molar-refractivity contribution in [2.75, 3.05) is 34.3 Å². The first kappa shape index (κ1) is 15.4. The van der Waals surface area contributed by atoms with Gasteiger partial charge in [0.25, 0.3) is 5.91 Å². The van der Waals surface area contributed by atoms with Crippen molar-refractivity contribution in [3.8, 4) is 0 Å². The number of amides is 1. The first-order valence-corrected chi connectivity index (χ1v) is 5.77. The molecule has 1 amide bonds. The summed E-state index contributed by atoms with van der Waals surface area (Å²) < 4.78 is 5.23. The van der Waals surface area contributed by atoms with E-state index >= 15 is 0 Å². The van der Waals surface area contributed by atoms with E-state index in [9.17, 15) is 4.79 Å². The van der Waals surface area contributed by atoms with Gasteiger partial charge in [0.05, 0.1) is 0 Å². The van der Waals surface area contributed by atoms with Gasteiger partial charge in [-0.1, -0.05) is 0 Å². The molecular formula is C12H26N2O2. The zero-order chi connectivity index (χ0) is 12.9. The number of methoxy groups -OCH3 is 1. The number of carbonyl (C=O) groups excluding carboxylic acids is 1. The van der Waals surface area contributed by atoms with Crippen molar-refractivity contribution in [1.82, 2.24) is 9.80 Å². The lowest BCUT2D eigenvalue weighted by Gasteiger charge is -2.35. The van der Waals surface area contributed by atoms with Crippen LogP contribution in [0.2, 0.25) is 0 Å². The van der Waals surface area contributed by atoms with E-state index in [4.69, 9.17) is 4.74 Å². The van der Waals surface area contributed by atoms with Crippen molar-refractivity contribution in [2.24, 2.45) is 0 Å². The predicted molar refractivity (Wildman–Crippen MR) is 66.5 cm³/mol. The molecule has 0 aromatic carbocycles. The Bertz CT molecular complexity index is 227. The number of rotatable bonds is 6. The van der Waals surface area contributed by atoms with Crippen LogP contribution in [-0.4, -0.2) is 61.6 Å². The Hall–Kier alpha value is -0.610. The van der Waals surface area contributed by atoms with Crippen LogP contribution in [0.4, 0.5) is 0 Å². The van der Waals surface area contributed by atoms with E-state index in [0.29, 0.717) is 6.54 Å². The maximum atomic E-state index is 12.2. The summed E-state index contributed by atoms with van der Waals surface area (Å²) >= 11 is 0. The average Bonchev–Trinajstić information content (AvgIpc) is 2.17. The van der Waals surface area contributed by atoms with E-state index < -0.39 is 5.60 Å². The van der Waals surface area contributed by atoms with Crippen molar-refractivity contribution in [3.05, 3.63) is 0 Å². The molecule has 0 aromatic rings. The highest BCUT2D eigenvalue weighted by Crippen LogP contribution is 2.14. The number of hydrogen-bond donors (Lipinski definition) is 0. The van der Waals surface area contributed by atoms with E-state index in [1.165, 1.54) is 0 Å². The molecule has 0 aliphatic rings. The maximum absolute atomic E-state index is 12.2. The largest absolute Gasteiger partial charge is 0.369 e. The lowest BCUT2D eigenvalue weighted by atomic mass is 10.1. The van der Waals surface area contributed by atoms with Gasteiger partial charge in [-0.15, -0.1) is 0 Å². The van der Waals surface area contributed by atoms with Gasteiger partial charge in [0.15, 0.2) is 0 Å². The number of carbonyl (C=O) groups is 1. The molecule has 0 aliphatic carbocycles. The Balaban J connectivity index is 4.66. The summed E-state index contributed by atoms with van der Waals surface area (Å²) in [6, 6.07) is 0.196. The average molecular weight is 230 g/mol. The second kappa shape index (κ2) is 6.21. The second-order valence-corrected chi connectivity index (χ2v) is 4.92. The van der Waals surface area contributed by atoms with Crippen LogP contribution >= 0.6 is 0 Å². The maximum Gasteiger partial charge on any atom is 0.254 e. The zero-order valence-corrected chi connectivity index (χ0v) is 11.7. The molecule has 0 saturated carbocycles. The van der Waals surface area contributed by atoms with Crippen LogP contribution in [0.15, 0.2) is 0 Å². The molecule has 16 heavy (non-hydrogen) atoms. The van der Waals surface area contributed by atoms with Crippen LogP contribution in [0.3, 0.4) is 0 Å². The number of nitrogens with zero attached hydrogens (tertiary/aromatic N) is 2. The van der Waals surface area contributed by atoms with Crippen molar-refractivity contribution in [1.29, 1.82) is 0 Å². The first-order valence-electron chi connectivity index (χ1n) is 5.77. The Morgan fingerprint density at radius 3 is 2.19 bits per heavy atom. The fourth-order valence-electron chi connectivity index (χ4n) is 1.72.